The summed E-state index contributed by atoms with van der Waals surface area (Å²) < 4.78 is 29.4. The fourth-order valence-corrected chi connectivity index (χ4v) is 3.79. The number of hydroxylamine groups is 2. The first-order valence-corrected chi connectivity index (χ1v) is 10.00. The van der Waals surface area contributed by atoms with Crippen LogP contribution in [0, 0.1) is 11.8 Å². The van der Waals surface area contributed by atoms with Gasteiger partial charge in [0.1, 0.15) is 17.3 Å². The fraction of sp³-hybridized carbons (Fsp3) is 0.412. The lowest BCUT2D eigenvalue weighted by molar-refractivity contribution is -0.122. The monoisotopic (exact) mass is 379 g/mol. The number of allylic oxidation sites excluding steroid dienone is 2. The van der Waals surface area contributed by atoms with Gasteiger partial charge in [0.15, 0.2) is 21.3 Å². The molecule has 2 aliphatic rings. The molecule has 1 aromatic carbocycles. The number of sulfone groups is 1. The number of aliphatic imine (C=N–C) groups is 1. The van der Waals surface area contributed by atoms with Crippen molar-refractivity contribution in [3.8, 4) is 5.75 Å². The van der Waals surface area contributed by atoms with Gasteiger partial charge in [-0.3, -0.25) is 9.79 Å². The van der Waals surface area contributed by atoms with Crippen molar-refractivity contribution >= 4 is 22.0 Å². The molecule has 1 heterocycles. The van der Waals surface area contributed by atoms with Gasteiger partial charge < -0.3 is 14.9 Å². The third-order valence-electron chi connectivity index (χ3n) is 4.34. The Hall–Kier alpha value is -2.55. The molecule has 1 N–H and O–H groups in total. The summed E-state index contributed by atoms with van der Waals surface area (Å²) in [7, 11) is -0.335. The van der Waals surface area contributed by atoms with E-state index >= 15 is 0 Å². The number of para-hydroxylation sites is 1. The second kappa shape index (κ2) is 6.99. The smallest absolute Gasteiger partial charge is 0.223 e. The minimum atomic E-state index is -3.46. The van der Waals surface area contributed by atoms with Gasteiger partial charge in [-0.05, 0) is 18.6 Å². The molecule has 0 aromatic heterocycles. The Morgan fingerprint density at radius 1 is 1.35 bits per heavy atom. The van der Waals surface area contributed by atoms with Crippen LogP contribution in [0.4, 0.5) is 0 Å². The largest absolute Gasteiger partial charge is 0.493 e. The molecule has 1 aromatic rings. The molecule has 26 heavy (non-hydrogen) atoms. The number of carbonyl (C=O) groups excluding carboxylic acids is 1. The van der Waals surface area contributed by atoms with Crippen LogP contribution in [0.3, 0.4) is 0 Å². The Balaban J connectivity index is 1.92. The highest BCUT2D eigenvalue weighted by atomic mass is 32.2. The van der Waals surface area contributed by atoms with E-state index in [4.69, 9.17) is 9.57 Å². The summed E-state index contributed by atoms with van der Waals surface area (Å²) in [4.78, 5) is 22.1. The van der Waals surface area contributed by atoms with Crippen LogP contribution in [0.5, 0.6) is 5.75 Å². The zero-order valence-corrected chi connectivity index (χ0v) is 15.6. The second-order valence-corrected chi connectivity index (χ2v) is 8.14. The van der Waals surface area contributed by atoms with E-state index in [1.807, 2.05) is 0 Å². The molecule has 0 spiro atoms. The normalized spacial score (nSPS) is 22.2. The highest BCUT2D eigenvalue weighted by Gasteiger charge is 2.49. The van der Waals surface area contributed by atoms with Crippen molar-refractivity contribution in [2.45, 2.75) is 11.3 Å². The summed E-state index contributed by atoms with van der Waals surface area (Å²) in [6, 6.07) is 6.41. The Bertz CT molecular complexity index is 878. The molecule has 1 aliphatic heterocycles. The van der Waals surface area contributed by atoms with Crippen LogP contribution in [0.2, 0.25) is 0 Å². The predicted molar refractivity (Wildman–Crippen MR) is 95.1 cm³/mol. The summed E-state index contributed by atoms with van der Waals surface area (Å²) in [5.41, 5.74) is 0.694. The molecule has 1 saturated carbocycles. The second-order valence-electron chi connectivity index (χ2n) is 6.16. The molecule has 2 unspecified atom stereocenters. The van der Waals surface area contributed by atoms with Crippen LogP contribution in [0.25, 0.3) is 0 Å². The van der Waals surface area contributed by atoms with E-state index in [0.29, 0.717) is 17.9 Å². The molecule has 0 saturated heterocycles. The molecule has 3 rings (SSSR count). The lowest BCUT2D eigenvalue weighted by Crippen LogP contribution is -2.34. The third kappa shape index (κ3) is 3.52. The first-order chi connectivity index (χ1) is 12.4. The first-order valence-electron chi connectivity index (χ1n) is 8.11. The van der Waals surface area contributed by atoms with Crippen molar-refractivity contribution in [1.82, 2.24) is 10.4 Å². The van der Waals surface area contributed by atoms with Gasteiger partial charge in [-0.1, -0.05) is 12.1 Å². The van der Waals surface area contributed by atoms with Crippen molar-refractivity contribution in [3.05, 3.63) is 35.7 Å². The molecule has 140 valence electrons. The maximum absolute atomic E-state index is 12.0. The number of hydrogen-bond donors (Lipinski definition) is 1. The maximum Gasteiger partial charge on any atom is 0.223 e. The van der Waals surface area contributed by atoms with E-state index in [1.165, 1.54) is 18.2 Å². The van der Waals surface area contributed by atoms with Crippen molar-refractivity contribution in [2.24, 2.45) is 16.8 Å². The molecule has 0 bridgehead atoms. The number of amides is 1. The van der Waals surface area contributed by atoms with Gasteiger partial charge in [0.25, 0.3) is 0 Å². The Morgan fingerprint density at radius 2 is 2.08 bits per heavy atom. The van der Waals surface area contributed by atoms with Crippen molar-refractivity contribution in [1.29, 1.82) is 0 Å². The minimum absolute atomic E-state index is 0.0445. The fourth-order valence-electron chi connectivity index (χ4n) is 2.99. The molecule has 2 atom stereocenters. The molecular formula is C17H21N3O5S. The van der Waals surface area contributed by atoms with Crippen molar-refractivity contribution in [2.75, 3.05) is 27.1 Å². The van der Waals surface area contributed by atoms with Crippen molar-refractivity contribution in [3.63, 3.8) is 0 Å². The number of nitrogens with zero attached hydrogens (tertiary/aromatic N) is 2. The van der Waals surface area contributed by atoms with Gasteiger partial charge in [0.05, 0.1) is 13.3 Å². The zero-order valence-electron chi connectivity index (χ0n) is 14.8. The third-order valence-corrected chi connectivity index (χ3v) is 5.48. The highest BCUT2D eigenvalue weighted by molar-refractivity contribution is 7.90. The van der Waals surface area contributed by atoms with Gasteiger partial charge in [-0.15, -0.1) is 0 Å². The summed E-state index contributed by atoms with van der Waals surface area (Å²) in [5, 5.41) is 4.14. The van der Waals surface area contributed by atoms with E-state index in [-0.39, 0.29) is 35.1 Å². The number of nitrogens with one attached hydrogen (secondary N) is 1. The highest BCUT2D eigenvalue weighted by Crippen LogP contribution is 2.47. The molecule has 1 fully saturated rings. The predicted octanol–water partition coefficient (Wildman–Crippen LogP) is 0.968. The molecule has 8 nitrogen and oxygen atoms in total. The van der Waals surface area contributed by atoms with Crippen LogP contribution in [-0.4, -0.2) is 52.7 Å². The quantitative estimate of drug-likeness (QED) is 0.791. The average Bonchev–Trinajstić information content (AvgIpc) is 3.40. The Labute approximate surface area is 152 Å². The van der Waals surface area contributed by atoms with E-state index < -0.39 is 9.84 Å². The standard InChI is InChI=1S/C17H21N3O5S/c1-18-17(21)12-8-11(12)16-14(24-2)9-19-10-20(16)25-13-6-4-5-7-15(13)26(3,22)23/h4-7,9,11-12H,8,10H2,1-3H3,(H,18,21). The molecule has 0 radical (unpaired) electrons. The maximum atomic E-state index is 12.0. The Kier molecular flexibility index (Phi) is 4.90. The van der Waals surface area contributed by atoms with Crippen LogP contribution < -0.4 is 10.2 Å². The molecule has 1 aliphatic carbocycles. The van der Waals surface area contributed by atoms with Crippen LogP contribution in [0.15, 0.2) is 45.6 Å². The van der Waals surface area contributed by atoms with Gasteiger partial charge in [-0.2, -0.15) is 5.06 Å². The van der Waals surface area contributed by atoms with Crippen LogP contribution in [-0.2, 0) is 19.4 Å². The number of carbonyl (C=O) groups is 1. The van der Waals surface area contributed by atoms with E-state index in [9.17, 15) is 13.2 Å². The van der Waals surface area contributed by atoms with Crippen LogP contribution >= 0.6 is 0 Å². The van der Waals surface area contributed by atoms with Gasteiger partial charge in [0, 0.05) is 25.1 Å². The Morgan fingerprint density at radius 3 is 2.73 bits per heavy atom. The van der Waals surface area contributed by atoms with E-state index in [0.717, 1.165) is 6.26 Å². The van der Waals surface area contributed by atoms with Crippen molar-refractivity contribution < 1.29 is 22.8 Å². The lowest BCUT2D eigenvalue weighted by Gasteiger charge is -2.29. The van der Waals surface area contributed by atoms with Gasteiger partial charge >= 0.3 is 0 Å². The number of rotatable bonds is 6. The van der Waals surface area contributed by atoms with E-state index in [2.05, 4.69) is 10.3 Å². The topological polar surface area (TPSA) is 97.3 Å². The summed E-state index contributed by atoms with van der Waals surface area (Å²) >= 11 is 0. The lowest BCUT2D eigenvalue weighted by atomic mass is 10.2. The summed E-state index contributed by atoms with van der Waals surface area (Å²) in [5.74, 6) is 0.434. The van der Waals surface area contributed by atoms with Crippen LogP contribution in [0.1, 0.15) is 6.42 Å². The van der Waals surface area contributed by atoms with Gasteiger partial charge in [-0.25, -0.2) is 8.42 Å². The molecule has 9 heteroatoms. The number of methoxy groups -OCH3 is 1. The zero-order chi connectivity index (χ0) is 18.9. The van der Waals surface area contributed by atoms with E-state index in [1.54, 1.807) is 31.5 Å². The molecular weight excluding hydrogens is 358 g/mol. The SMILES string of the molecule is CNC(=O)C1CC1C1=C(OC)C=NCN1Oc1ccccc1S(C)(=O)=O. The summed E-state index contributed by atoms with van der Waals surface area (Å²) in [6.07, 6.45) is 3.39. The average molecular weight is 379 g/mol. The number of ether oxygens (including phenoxy) is 1. The minimum Gasteiger partial charge on any atom is -0.493 e. The van der Waals surface area contributed by atoms with Gasteiger partial charge in [0.2, 0.25) is 5.91 Å². The first kappa shape index (κ1) is 18.2. The summed E-state index contributed by atoms with van der Waals surface area (Å²) in [6.45, 7) is 0.178. The molecule has 1 amide bonds. The number of hydrogen-bond acceptors (Lipinski definition) is 7. The number of benzene rings is 1.